The number of rotatable bonds is 6. The molecule has 18 heavy (non-hydrogen) atoms. The lowest BCUT2D eigenvalue weighted by atomic mass is 10.0. The van der Waals surface area contributed by atoms with Gasteiger partial charge in [-0.1, -0.05) is 31.2 Å². The van der Waals surface area contributed by atoms with Crippen molar-refractivity contribution in [3.63, 3.8) is 0 Å². The zero-order valence-electron chi connectivity index (χ0n) is 11.2. The van der Waals surface area contributed by atoms with Crippen molar-refractivity contribution in [2.24, 2.45) is 0 Å². The quantitative estimate of drug-likeness (QED) is 0.572. The minimum absolute atomic E-state index is 0.185. The monoisotopic (exact) mass is 248 g/mol. The van der Waals surface area contributed by atoms with Crippen LogP contribution in [0, 0.1) is 0 Å². The lowest BCUT2D eigenvalue weighted by Crippen LogP contribution is -2.01. The van der Waals surface area contributed by atoms with Gasteiger partial charge in [0.15, 0.2) is 0 Å². The van der Waals surface area contributed by atoms with Gasteiger partial charge >= 0.3 is 5.97 Å². The molecule has 0 aliphatic heterocycles. The zero-order chi connectivity index (χ0) is 13.4. The SMILES string of the molecule is CCOC(=O)C/C=C\C(C)c1ccc(OC)cc1. The summed E-state index contributed by atoms with van der Waals surface area (Å²) >= 11 is 0. The number of carbonyl (C=O) groups excluding carboxylic acids is 1. The van der Waals surface area contributed by atoms with Crippen LogP contribution >= 0.6 is 0 Å². The first-order valence-electron chi connectivity index (χ1n) is 6.13. The fourth-order valence-corrected chi connectivity index (χ4v) is 1.61. The Hall–Kier alpha value is -1.77. The molecule has 0 N–H and O–H groups in total. The van der Waals surface area contributed by atoms with E-state index in [-0.39, 0.29) is 11.9 Å². The Morgan fingerprint density at radius 3 is 2.56 bits per heavy atom. The third kappa shape index (κ3) is 4.62. The molecule has 1 aromatic carbocycles. The van der Waals surface area contributed by atoms with Crippen LogP contribution in [0.4, 0.5) is 0 Å². The summed E-state index contributed by atoms with van der Waals surface area (Å²) in [5.41, 5.74) is 1.19. The maximum absolute atomic E-state index is 11.2. The van der Waals surface area contributed by atoms with Crippen molar-refractivity contribution in [1.29, 1.82) is 0 Å². The number of methoxy groups -OCH3 is 1. The van der Waals surface area contributed by atoms with E-state index in [2.05, 4.69) is 6.92 Å². The molecule has 1 aromatic rings. The minimum atomic E-state index is -0.185. The number of ether oxygens (including phenoxy) is 2. The van der Waals surface area contributed by atoms with Gasteiger partial charge in [0.1, 0.15) is 5.75 Å². The number of esters is 1. The Balaban J connectivity index is 2.50. The molecule has 1 rings (SSSR count). The van der Waals surface area contributed by atoms with E-state index in [1.165, 1.54) is 5.56 Å². The van der Waals surface area contributed by atoms with Gasteiger partial charge in [0.2, 0.25) is 0 Å². The highest BCUT2D eigenvalue weighted by molar-refractivity contribution is 5.71. The van der Waals surface area contributed by atoms with E-state index in [4.69, 9.17) is 9.47 Å². The number of hydrogen-bond acceptors (Lipinski definition) is 3. The maximum atomic E-state index is 11.2. The molecule has 0 aliphatic carbocycles. The summed E-state index contributed by atoms with van der Waals surface area (Å²) in [6.45, 7) is 4.33. The van der Waals surface area contributed by atoms with E-state index < -0.39 is 0 Å². The molecule has 1 atom stereocenters. The molecule has 0 aliphatic rings. The molecule has 0 aromatic heterocycles. The standard InChI is InChI=1S/C15H20O3/c1-4-18-15(16)7-5-6-12(2)13-8-10-14(17-3)11-9-13/h5-6,8-12H,4,7H2,1-3H3/b6-5-. The first-order valence-corrected chi connectivity index (χ1v) is 6.13. The van der Waals surface area contributed by atoms with Gasteiger partial charge in [0.05, 0.1) is 20.1 Å². The van der Waals surface area contributed by atoms with Crippen molar-refractivity contribution in [2.45, 2.75) is 26.2 Å². The zero-order valence-corrected chi connectivity index (χ0v) is 11.2. The molecule has 0 bridgehead atoms. The van der Waals surface area contributed by atoms with Gasteiger partial charge < -0.3 is 9.47 Å². The second-order valence-corrected chi connectivity index (χ2v) is 4.00. The van der Waals surface area contributed by atoms with Crippen LogP contribution in [0.25, 0.3) is 0 Å². The second kappa shape index (κ2) is 7.54. The van der Waals surface area contributed by atoms with E-state index in [1.807, 2.05) is 43.3 Å². The van der Waals surface area contributed by atoms with Crippen LogP contribution < -0.4 is 4.74 Å². The Morgan fingerprint density at radius 1 is 1.33 bits per heavy atom. The van der Waals surface area contributed by atoms with E-state index in [0.717, 1.165) is 5.75 Å². The highest BCUT2D eigenvalue weighted by atomic mass is 16.5. The fraction of sp³-hybridized carbons (Fsp3) is 0.400. The summed E-state index contributed by atoms with van der Waals surface area (Å²) in [7, 11) is 1.65. The van der Waals surface area contributed by atoms with Gasteiger partial charge in [0, 0.05) is 0 Å². The molecule has 0 saturated heterocycles. The molecular weight excluding hydrogens is 228 g/mol. The first kappa shape index (κ1) is 14.3. The largest absolute Gasteiger partial charge is 0.497 e. The van der Waals surface area contributed by atoms with Crippen LogP contribution in [0.5, 0.6) is 5.75 Å². The van der Waals surface area contributed by atoms with Gasteiger partial charge in [-0.3, -0.25) is 4.79 Å². The first-order chi connectivity index (χ1) is 8.67. The molecule has 0 fully saturated rings. The summed E-state index contributed by atoms with van der Waals surface area (Å²) < 4.78 is 9.96. The summed E-state index contributed by atoms with van der Waals surface area (Å²) in [5.74, 6) is 0.933. The predicted molar refractivity (Wildman–Crippen MR) is 71.8 cm³/mol. The number of allylic oxidation sites excluding steroid dienone is 1. The van der Waals surface area contributed by atoms with Crippen molar-refractivity contribution in [2.75, 3.05) is 13.7 Å². The summed E-state index contributed by atoms with van der Waals surface area (Å²) in [5, 5.41) is 0. The lowest BCUT2D eigenvalue weighted by Gasteiger charge is -2.07. The van der Waals surface area contributed by atoms with E-state index in [9.17, 15) is 4.79 Å². The fourth-order valence-electron chi connectivity index (χ4n) is 1.61. The van der Waals surface area contributed by atoms with Crippen molar-refractivity contribution in [3.05, 3.63) is 42.0 Å². The molecular formula is C15H20O3. The molecule has 0 radical (unpaired) electrons. The van der Waals surface area contributed by atoms with Gasteiger partial charge in [0.25, 0.3) is 0 Å². The molecule has 0 spiro atoms. The summed E-state index contributed by atoms with van der Waals surface area (Å²) in [6, 6.07) is 7.92. The molecule has 0 saturated carbocycles. The third-order valence-corrected chi connectivity index (χ3v) is 2.66. The van der Waals surface area contributed by atoms with Crippen molar-refractivity contribution in [1.82, 2.24) is 0 Å². The van der Waals surface area contributed by atoms with Crippen LogP contribution in [0.2, 0.25) is 0 Å². The van der Waals surface area contributed by atoms with Crippen LogP contribution in [-0.2, 0) is 9.53 Å². The Kier molecular flexibility index (Phi) is 5.98. The summed E-state index contributed by atoms with van der Waals surface area (Å²) in [6.07, 6.45) is 4.19. The van der Waals surface area contributed by atoms with E-state index in [0.29, 0.717) is 13.0 Å². The minimum Gasteiger partial charge on any atom is -0.497 e. The van der Waals surface area contributed by atoms with Crippen LogP contribution in [0.3, 0.4) is 0 Å². The maximum Gasteiger partial charge on any atom is 0.309 e. The number of carbonyl (C=O) groups is 1. The molecule has 3 heteroatoms. The van der Waals surface area contributed by atoms with Crippen molar-refractivity contribution < 1.29 is 14.3 Å². The van der Waals surface area contributed by atoms with E-state index >= 15 is 0 Å². The molecule has 0 amide bonds. The highest BCUT2D eigenvalue weighted by Gasteiger charge is 2.02. The Bertz CT molecular complexity index is 393. The van der Waals surface area contributed by atoms with Crippen molar-refractivity contribution in [3.8, 4) is 5.75 Å². The molecule has 0 heterocycles. The van der Waals surface area contributed by atoms with Gasteiger partial charge in [-0.2, -0.15) is 0 Å². The molecule has 98 valence electrons. The predicted octanol–water partition coefficient (Wildman–Crippen LogP) is 3.31. The molecule has 1 unspecified atom stereocenters. The van der Waals surface area contributed by atoms with Crippen LogP contribution in [0.1, 0.15) is 31.7 Å². The average Bonchev–Trinajstić information content (AvgIpc) is 2.39. The Morgan fingerprint density at radius 2 is 2.00 bits per heavy atom. The van der Waals surface area contributed by atoms with Crippen LogP contribution in [0.15, 0.2) is 36.4 Å². The smallest absolute Gasteiger partial charge is 0.309 e. The lowest BCUT2D eigenvalue weighted by molar-refractivity contribution is -0.142. The van der Waals surface area contributed by atoms with E-state index in [1.54, 1.807) is 7.11 Å². The topological polar surface area (TPSA) is 35.5 Å². The van der Waals surface area contributed by atoms with Crippen molar-refractivity contribution >= 4 is 5.97 Å². The van der Waals surface area contributed by atoms with Gasteiger partial charge in [-0.25, -0.2) is 0 Å². The Labute approximate surface area is 108 Å². The normalized spacial score (nSPS) is 12.4. The second-order valence-electron chi connectivity index (χ2n) is 4.00. The summed E-state index contributed by atoms with van der Waals surface area (Å²) in [4.78, 5) is 11.2. The average molecular weight is 248 g/mol. The molecule has 3 nitrogen and oxygen atoms in total. The number of benzene rings is 1. The highest BCUT2D eigenvalue weighted by Crippen LogP contribution is 2.20. The van der Waals surface area contributed by atoms with Gasteiger partial charge in [-0.05, 0) is 30.5 Å². The van der Waals surface area contributed by atoms with Gasteiger partial charge in [-0.15, -0.1) is 0 Å². The third-order valence-electron chi connectivity index (χ3n) is 2.66. The van der Waals surface area contributed by atoms with Crippen LogP contribution in [-0.4, -0.2) is 19.7 Å². The number of hydrogen-bond donors (Lipinski definition) is 0.